The van der Waals surface area contributed by atoms with E-state index in [0.717, 1.165) is 22.3 Å². The van der Waals surface area contributed by atoms with E-state index in [1.165, 1.54) is 0 Å². The first-order valence-electron chi connectivity index (χ1n) is 16.7. The molecule has 1 aliphatic rings. The van der Waals surface area contributed by atoms with Gasteiger partial charge in [0.05, 0.1) is 45.5 Å². The molecule has 5 atom stereocenters. The molecule has 1 heterocycles. The monoisotopic (exact) mass is 707 g/mol. The van der Waals surface area contributed by atoms with Crippen LogP contribution in [0.2, 0.25) is 10.0 Å². The van der Waals surface area contributed by atoms with Gasteiger partial charge in [-0.2, -0.15) is 5.26 Å². The average Bonchev–Trinajstić information content (AvgIpc) is 3.15. The van der Waals surface area contributed by atoms with Crippen molar-refractivity contribution in [3.63, 3.8) is 0 Å². The van der Waals surface area contributed by atoms with E-state index in [0.29, 0.717) is 47.6 Å². The maximum absolute atomic E-state index is 9.57. The Kier molecular flexibility index (Phi) is 13.1. The van der Waals surface area contributed by atoms with Gasteiger partial charge in [0, 0.05) is 15.6 Å². The fraction of sp³-hybridized carbons (Fsp3) is 0.262. The van der Waals surface area contributed by atoms with Crippen LogP contribution in [0.15, 0.2) is 133 Å². The summed E-state index contributed by atoms with van der Waals surface area (Å²) in [4.78, 5) is 0. The molecule has 6 rings (SSSR count). The predicted molar refractivity (Wildman–Crippen MR) is 195 cm³/mol. The van der Waals surface area contributed by atoms with Crippen LogP contribution >= 0.6 is 23.2 Å². The molecule has 5 aromatic rings. The van der Waals surface area contributed by atoms with Gasteiger partial charge in [0.1, 0.15) is 30.5 Å². The van der Waals surface area contributed by atoms with Gasteiger partial charge in [0.2, 0.25) is 0 Å². The number of halogens is 2. The summed E-state index contributed by atoms with van der Waals surface area (Å²) >= 11 is 13.5. The predicted octanol–water partition coefficient (Wildman–Crippen LogP) is 9.47. The quantitative estimate of drug-likeness (QED) is 0.108. The Balaban J connectivity index is 1.40. The molecule has 0 saturated carbocycles. The van der Waals surface area contributed by atoms with Crippen LogP contribution in [0.1, 0.15) is 39.5 Å². The standard InChI is InChI=1S/C42H39Cl2NO5/c43-36-24-37(44)35(23-34(36)21-22-45)39-41(48-27-32-17-9-3-10-18-32)42(49-28-33-19-11-4-12-20-33)40(47-26-31-15-7-2-8-16-31)38(50-39)29-46-25-30-13-5-1-6-14-30/h1-20,23-24,38-42H,21,25-29H2/t38-,39+,40-,41+,42+/m1/s1. The van der Waals surface area contributed by atoms with E-state index in [1.54, 1.807) is 6.07 Å². The van der Waals surface area contributed by atoms with Crippen molar-refractivity contribution < 1.29 is 23.7 Å². The fourth-order valence-corrected chi connectivity index (χ4v) is 6.65. The SMILES string of the molecule is N#CCc1cc([C@@H]2O[C@H](COCc3ccccc3)[C@@H](OCc3ccccc3)[C@H](OCc3ccccc3)[C@H]2OCc2ccccc2)c(Cl)cc1Cl. The van der Waals surface area contributed by atoms with E-state index in [9.17, 15) is 5.26 Å². The molecule has 1 saturated heterocycles. The highest BCUT2D eigenvalue weighted by atomic mass is 35.5. The number of benzene rings is 5. The van der Waals surface area contributed by atoms with Crippen molar-refractivity contribution in [3.05, 3.63) is 177 Å². The van der Waals surface area contributed by atoms with Crippen LogP contribution in [0.4, 0.5) is 0 Å². The molecule has 6 nitrogen and oxygen atoms in total. The van der Waals surface area contributed by atoms with Crippen molar-refractivity contribution >= 4 is 23.2 Å². The third-order valence-corrected chi connectivity index (χ3v) is 9.30. The Morgan fingerprint density at radius 1 is 0.560 bits per heavy atom. The first-order valence-corrected chi connectivity index (χ1v) is 17.4. The Morgan fingerprint density at radius 3 is 1.52 bits per heavy atom. The number of nitrogens with zero attached hydrogens (tertiary/aromatic N) is 1. The van der Waals surface area contributed by atoms with E-state index < -0.39 is 30.5 Å². The summed E-state index contributed by atoms with van der Waals surface area (Å²) in [5.74, 6) is 0. The lowest BCUT2D eigenvalue weighted by atomic mass is 9.89. The average molecular weight is 709 g/mol. The van der Waals surface area contributed by atoms with Gasteiger partial charge < -0.3 is 23.7 Å². The van der Waals surface area contributed by atoms with E-state index in [-0.39, 0.29) is 13.0 Å². The van der Waals surface area contributed by atoms with E-state index in [2.05, 4.69) is 6.07 Å². The van der Waals surface area contributed by atoms with Crippen LogP contribution in [-0.4, -0.2) is 31.0 Å². The number of nitriles is 1. The molecule has 0 bridgehead atoms. The van der Waals surface area contributed by atoms with Gasteiger partial charge in [0.25, 0.3) is 0 Å². The van der Waals surface area contributed by atoms with Crippen molar-refractivity contribution in [3.8, 4) is 6.07 Å². The van der Waals surface area contributed by atoms with Crippen LogP contribution in [0.25, 0.3) is 0 Å². The van der Waals surface area contributed by atoms with Gasteiger partial charge in [-0.1, -0.05) is 145 Å². The number of hydrogen-bond donors (Lipinski definition) is 0. The minimum atomic E-state index is -0.705. The Morgan fingerprint density at radius 2 is 1.02 bits per heavy atom. The molecule has 50 heavy (non-hydrogen) atoms. The highest BCUT2D eigenvalue weighted by molar-refractivity contribution is 6.35. The summed E-state index contributed by atoms with van der Waals surface area (Å²) in [6.45, 7) is 1.57. The second-order valence-corrected chi connectivity index (χ2v) is 13.0. The van der Waals surface area contributed by atoms with E-state index in [4.69, 9.17) is 46.9 Å². The molecule has 0 N–H and O–H groups in total. The zero-order valence-electron chi connectivity index (χ0n) is 27.6. The maximum Gasteiger partial charge on any atom is 0.117 e. The normalized spacial score (nSPS) is 20.3. The topological polar surface area (TPSA) is 69.9 Å². The molecule has 0 aliphatic carbocycles. The molecule has 5 aromatic carbocycles. The lowest BCUT2D eigenvalue weighted by Crippen LogP contribution is -2.58. The molecular weight excluding hydrogens is 669 g/mol. The minimum absolute atomic E-state index is 0.117. The lowest BCUT2D eigenvalue weighted by molar-refractivity contribution is -0.275. The Labute approximate surface area is 304 Å². The van der Waals surface area contributed by atoms with Crippen molar-refractivity contribution in [2.24, 2.45) is 0 Å². The van der Waals surface area contributed by atoms with Crippen molar-refractivity contribution in [2.75, 3.05) is 6.61 Å². The minimum Gasteiger partial charge on any atom is -0.374 e. The second kappa shape index (κ2) is 18.3. The third-order valence-electron chi connectivity index (χ3n) is 8.63. The summed E-state index contributed by atoms with van der Waals surface area (Å²) < 4.78 is 33.7. The van der Waals surface area contributed by atoms with Crippen molar-refractivity contribution in [1.29, 1.82) is 5.26 Å². The number of ether oxygens (including phenoxy) is 5. The summed E-state index contributed by atoms with van der Waals surface area (Å²) in [6, 6.07) is 45.7. The van der Waals surface area contributed by atoms with E-state index in [1.807, 2.05) is 127 Å². The maximum atomic E-state index is 9.57. The van der Waals surface area contributed by atoms with Crippen LogP contribution < -0.4 is 0 Å². The Hall–Kier alpha value is -4.03. The summed E-state index contributed by atoms with van der Waals surface area (Å²) in [5, 5.41) is 10.4. The molecule has 8 heteroatoms. The molecule has 0 radical (unpaired) electrons. The van der Waals surface area contributed by atoms with Gasteiger partial charge in [-0.25, -0.2) is 0 Å². The molecule has 0 spiro atoms. The number of hydrogen-bond acceptors (Lipinski definition) is 6. The van der Waals surface area contributed by atoms with Crippen molar-refractivity contribution in [1.82, 2.24) is 0 Å². The molecule has 256 valence electrons. The molecule has 1 fully saturated rings. The highest BCUT2D eigenvalue weighted by Crippen LogP contribution is 2.42. The van der Waals surface area contributed by atoms with Gasteiger partial charge >= 0.3 is 0 Å². The fourth-order valence-electron chi connectivity index (χ4n) is 6.09. The highest BCUT2D eigenvalue weighted by Gasteiger charge is 2.49. The molecule has 0 amide bonds. The van der Waals surface area contributed by atoms with Crippen LogP contribution in [-0.2, 0) is 56.5 Å². The van der Waals surface area contributed by atoms with Crippen molar-refractivity contribution in [2.45, 2.75) is 63.4 Å². The zero-order valence-corrected chi connectivity index (χ0v) is 29.1. The van der Waals surface area contributed by atoms with Gasteiger partial charge in [0.15, 0.2) is 0 Å². The Bertz CT molecular complexity index is 1800. The lowest BCUT2D eigenvalue weighted by Gasteiger charge is -2.46. The van der Waals surface area contributed by atoms with Crippen LogP contribution in [0.3, 0.4) is 0 Å². The second-order valence-electron chi connectivity index (χ2n) is 12.2. The zero-order chi connectivity index (χ0) is 34.5. The van der Waals surface area contributed by atoms with Crippen LogP contribution in [0, 0.1) is 11.3 Å². The largest absolute Gasteiger partial charge is 0.374 e. The molecule has 0 unspecified atom stereocenters. The smallest absolute Gasteiger partial charge is 0.117 e. The first-order chi connectivity index (χ1) is 24.6. The van der Waals surface area contributed by atoms with Gasteiger partial charge in [-0.15, -0.1) is 0 Å². The molecular formula is C42H39Cl2NO5. The summed E-state index contributed by atoms with van der Waals surface area (Å²) in [7, 11) is 0. The van der Waals surface area contributed by atoms with Gasteiger partial charge in [-0.3, -0.25) is 0 Å². The van der Waals surface area contributed by atoms with Gasteiger partial charge in [-0.05, 0) is 39.9 Å². The summed E-state index contributed by atoms with van der Waals surface area (Å²) in [6.07, 6.45) is -3.03. The molecule has 0 aromatic heterocycles. The third kappa shape index (κ3) is 9.60. The molecule has 1 aliphatic heterocycles. The van der Waals surface area contributed by atoms with Crippen LogP contribution in [0.5, 0.6) is 0 Å². The van der Waals surface area contributed by atoms with E-state index >= 15 is 0 Å². The summed E-state index contributed by atoms with van der Waals surface area (Å²) in [5.41, 5.74) is 5.38. The number of rotatable bonds is 15. The first kappa shape index (κ1) is 35.8.